The lowest BCUT2D eigenvalue weighted by Gasteiger charge is -2.56. The van der Waals surface area contributed by atoms with Gasteiger partial charge >= 0.3 is 0 Å². The summed E-state index contributed by atoms with van der Waals surface area (Å²) in [4.78, 5) is 8.54. The van der Waals surface area contributed by atoms with Gasteiger partial charge in [0, 0.05) is 18.0 Å². The van der Waals surface area contributed by atoms with Gasteiger partial charge in [-0.05, 0) is 98.9 Å². The van der Waals surface area contributed by atoms with E-state index in [1.165, 1.54) is 49.7 Å². The zero-order valence-corrected chi connectivity index (χ0v) is 16.2. The molecule has 4 aliphatic rings. The molecule has 0 saturated heterocycles. The Morgan fingerprint density at radius 2 is 1.73 bits per heavy atom. The summed E-state index contributed by atoms with van der Waals surface area (Å²) in [5.74, 6) is 4.18. The van der Waals surface area contributed by atoms with E-state index in [4.69, 9.17) is 0 Å². The second-order valence-electron chi connectivity index (χ2n) is 10.1. The average Bonchev–Trinajstić information content (AvgIpc) is 2.98. The van der Waals surface area contributed by atoms with Crippen molar-refractivity contribution in [2.75, 3.05) is 0 Å². The normalized spacial score (nSPS) is 47.5. The van der Waals surface area contributed by atoms with Crippen LogP contribution in [0.4, 0.5) is 0 Å². The van der Waals surface area contributed by atoms with Crippen LogP contribution in [-0.4, -0.2) is 20.7 Å². The smallest absolute Gasteiger partial charge is 0.115 e. The van der Waals surface area contributed by atoms with Crippen LogP contribution >= 0.6 is 0 Å². The summed E-state index contributed by atoms with van der Waals surface area (Å²) in [6.45, 7) is 4.57. The topological polar surface area (TPSA) is 46.0 Å². The molecule has 0 bridgehead atoms. The Kier molecular flexibility index (Phi) is 3.83. The van der Waals surface area contributed by atoms with Crippen molar-refractivity contribution in [3.63, 3.8) is 0 Å². The molecule has 0 aromatic carbocycles. The van der Waals surface area contributed by atoms with Crippen LogP contribution in [0.3, 0.4) is 0 Å². The number of aromatic nitrogens is 2. The molecule has 3 saturated carbocycles. The molecule has 140 valence electrons. The number of rotatable bonds is 1. The Labute approximate surface area is 157 Å². The van der Waals surface area contributed by atoms with E-state index >= 15 is 0 Å². The fourth-order valence-electron chi connectivity index (χ4n) is 7.53. The van der Waals surface area contributed by atoms with Crippen molar-refractivity contribution < 1.29 is 5.11 Å². The largest absolute Gasteiger partial charge is 0.390 e. The van der Waals surface area contributed by atoms with Gasteiger partial charge in [-0.3, -0.25) is 0 Å². The summed E-state index contributed by atoms with van der Waals surface area (Å²) in [5.41, 5.74) is 2.64. The first-order chi connectivity index (χ1) is 12.5. The van der Waals surface area contributed by atoms with Gasteiger partial charge in [0.2, 0.25) is 0 Å². The number of hydrogen-bond donors (Lipinski definition) is 1. The van der Waals surface area contributed by atoms with E-state index in [-0.39, 0.29) is 0 Å². The minimum atomic E-state index is -0.410. The van der Waals surface area contributed by atoms with Crippen LogP contribution in [0, 0.1) is 35.0 Å². The van der Waals surface area contributed by atoms with E-state index in [1.54, 1.807) is 6.33 Å². The number of allylic oxidation sites excluding steroid dienone is 2. The van der Waals surface area contributed by atoms with Crippen molar-refractivity contribution in [3.05, 3.63) is 30.4 Å². The van der Waals surface area contributed by atoms with Gasteiger partial charge in [0.05, 0.1) is 5.60 Å². The summed E-state index contributed by atoms with van der Waals surface area (Å²) in [6, 6.07) is 0. The monoisotopic (exact) mass is 352 g/mol. The third-order valence-corrected chi connectivity index (χ3v) is 8.69. The van der Waals surface area contributed by atoms with E-state index < -0.39 is 5.60 Å². The first-order valence-corrected chi connectivity index (χ1v) is 10.7. The third-order valence-electron chi connectivity index (χ3n) is 8.69. The highest BCUT2D eigenvalue weighted by Crippen LogP contribution is 2.64. The van der Waals surface area contributed by atoms with Crippen LogP contribution < -0.4 is 0 Å². The van der Waals surface area contributed by atoms with Crippen molar-refractivity contribution in [2.24, 2.45) is 35.0 Å². The van der Waals surface area contributed by atoms with Gasteiger partial charge in [-0.25, -0.2) is 9.97 Å². The Bertz CT molecular complexity index is 712. The molecule has 1 heterocycles. The lowest BCUT2D eigenvalue weighted by atomic mass is 9.49. The molecule has 3 nitrogen and oxygen atoms in total. The molecule has 0 spiro atoms. The first kappa shape index (κ1) is 16.9. The Balaban J connectivity index is 1.40. The second-order valence-corrected chi connectivity index (χ2v) is 10.1. The van der Waals surface area contributed by atoms with Crippen LogP contribution in [0.5, 0.6) is 0 Å². The van der Waals surface area contributed by atoms with E-state index in [1.807, 2.05) is 12.4 Å². The maximum absolute atomic E-state index is 10.5. The zero-order valence-electron chi connectivity index (χ0n) is 16.2. The van der Waals surface area contributed by atoms with Crippen LogP contribution in [-0.2, 0) is 0 Å². The fourth-order valence-corrected chi connectivity index (χ4v) is 7.53. The highest BCUT2D eigenvalue weighted by molar-refractivity contribution is 5.71. The molecule has 5 rings (SSSR count). The SMILES string of the molecule is C[C@@]1(O)CC[C@H]2[C@H](CC[C@@H]3[C@@H]2CC[C@]2(C)C(c4cncnc4)=CC[C@@H]32)C1. The standard InChI is InChI=1S/C23H32N2O/c1-22(26)9-7-17-15(11-22)3-4-19-18(17)8-10-23(2)20(5-6-21(19)23)16-12-24-14-25-13-16/h5,12-15,17-19,21,26H,3-4,6-11H2,1-2H3/t15-,17+,18-,19-,21+,22-,23-/m1/s1. The van der Waals surface area contributed by atoms with E-state index in [0.29, 0.717) is 5.41 Å². The third kappa shape index (κ3) is 2.50. The molecule has 1 aromatic heterocycles. The van der Waals surface area contributed by atoms with Crippen LogP contribution in [0.15, 0.2) is 24.8 Å². The summed E-state index contributed by atoms with van der Waals surface area (Å²) in [5, 5.41) is 10.5. The lowest BCUT2D eigenvalue weighted by Crippen LogP contribution is -2.50. The number of hydrogen-bond acceptors (Lipinski definition) is 3. The van der Waals surface area contributed by atoms with Gasteiger partial charge in [0.25, 0.3) is 0 Å². The Hall–Kier alpha value is -1.22. The fraction of sp³-hybridized carbons (Fsp3) is 0.739. The molecule has 4 aliphatic carbocycles. The minimum absolute atomic E-state index is 0.304. The van der Waals surface area contributed by atoms with Gasteiger partial charge < -0.3 is 5.11 Å². The Morgan fingerprint density at radius 3 is 2.54 bits per heavy atom. The number of fused-ring (bicyclic) bond motifs is 5. The molecule has 0 amide bonds. The van der Waals surface area contributed by atoms with E-state index in [0.717, 1.165) is 42.4 Å². The van der Waals surface area contributed by atoms with Gasteiger partial charge in [0.1, 0.15) is 6.33 Å². The van der Waals surface area contributed by atoms with Crippen molar-refractivity contribution >= 4 is 5.57 Å². The molecule has 1 N–H and O–H groups in total. The van der Waals surface area contributed by atoms with Crippen LogP contribution in [0.2, 0.25) is 0 Å². The summed E-state index contributed by atoms with van der Waals surface area (Å²) >= 11 is 0. The molecule has 1 aromatic rings. The lowest BCUT2D eigenvalue weighted by molar-refractivity contribution is -0.0886. The van der Waals surface area contributed by atoms with Crippen molar-refractivity contribution in [2.45, 2.75) is 70.8 Å². The highest BCUT2D eigenvalue weighted by atomic mass is 16.3. The zero-order chi connectivity index (χ0) is 17.9. The quantitative estimate of drug-likeness (QED) is 0.784. The molecule has 3 fully saturated rings. The molecular formula is C23H32N2O. The summed E-state index contributed by atoms with van der Waals surface area (Å²) in [7, 11) is 0. The number of nitrogens with zero attached hydrogens (tertiary/aromatic N) is 2. The molecule has 3 heteroatoms. The summed E-state index contributed by atoms with van der Waals surface area (Å²) < 4.78 is 0. The molecular weight excluding hydrogens is 320 g/mol. The predicted molar refractivity (Wildman–Crippen MR) is 103 cm³/mol. The van der Waals surface area contributed by atoms with Crippen molar-refractivity contribution in [1.82, 2.24) is 9.97 Å². The molecule has 0 unspecified atom stereocenters. The Morgan fingerprint density at radius 1 is 0.962 bits per heavy atom. The van der Waals surface area contributed by atoms with Gasteiger partial charge in [-0.2, -0.15) is 0 Å². The second kappa shape index (κ2) is 5.89. The van der Waals surface area contributed by atoms with Crippen molar-refractivity contribution in [1.29, 1.82) is 0 Å². The summed E-state index contributed by atoms with van der Waals surface area (Å²) in [6.07, 6.45) is 18.0. The molecule has 0 aliphatic heterocycles. The van der Waals surface area contributed by atoms with Crippen molar-refractivity contribution in [3.8, 4) is 0 Å². The van der Waals surface area contributed by atoms with E-state index in [9.17, 15) is 5.11 Å². The van der Waals surface area contributed by atoms with Crippen LogP contribution in [0.1, 0.15) is 70.8 Å². The minimum Gasteiger partial charge on any atom is -0.390 e. The van der Waals surface area contributed by atoms with Crippen LogP contribution in [0.25, 0.3) is 5.57 Å². The predicted octanol–water partition coefficient (Wildman–Crippen LogP) is 4.87. The van der Waals surface area contributed by atoms with Gasteiger partial charge in [-0.1, -0.05) is 13.0 Å². The maximum atomic E-state index is 10.5. The highest BCUT2D eigenvalue weighted by Gasteiger charge is 2.55. The van der Waals surface area contributed by atoms with E-state index in [2.05, 4.69) is 29.9 Å². The maximum Gasteiger partial charge on any atom is 0.115 e. The molecule has 7 atom stereocenters. The molecule has 26 heavy (non-hydrogen) atoms. The van der Waals surface area contributed by atoms with Gasteiger partial charge in [-0.15, -0.1) is 0 Å². The van der Waals surface area contributed by atoms with Gasteiger partial charge in [0.15, 0.2) is 0 Å². The number of aliphatic hydroxyl groups is 1. The molecule has 0 radical (unpaired) electrons. The first-order valence-electron chi connectivity index (χ1n) is 10.7. The average molecular weight is 353 g/mol.